The molecule has 0 bridgehead atoms. The van der Waals surface area contributed by atoms with Gasteiger partial charge in [-0.05, 0) is 98.9 Å². The van der Waals surface area contributed by atoms with E-state index in [1.165, 1.54) is 52.8 Å². The summed E-state index contributed by atoms with van der Waals surface area (Å²) in [6, 6.07) is 68.0. The lowest BCUT2D eigenvalue weighted by atomic mass is 9.98. The molecule has 11 rings (SSSR count). The minimum atomic E-state index is 0.878. The third kappa shape index (κ3) is 4.86. The van der Waals surface area contributed by atoms with Gasteiger partial charge in [0, 0.05) is 42.5 Å². The molecule has 0 N–H and O–H groups in total. The zero-order valence-corrected chi connectivity index (χ0v) is 29.5. The zero-order chi connectivity index (χ0) is 34.9. The second-order valence-electron chi connectivity index (χ2n) is 13.7. The van der Waals surface area contributed by atoms with Gasteiger partial charge in [-0.25, -0.2) is 0 Å². The van der Waals surface area contributed by atoms with Crippen LogP contribution >= 0.6 is 11.3 Å². The molecule has 9 aromatic carbocycles. The van der Waals surface area contributed by atoms with Crippen molar-refractivity contribution < 1.29 is 4.42 Å². The van der Waals surface area contributed by atoms with Gasteiger partial charge in [-0.1, -0.05) is 127 Å². The molecule has 0 spiro atoms. The van der Waals surface area contributed by atoms with Gasteiger partial charge in [-0.3, -0.25) is 0 Å². The predicted octanol–water partition coefficient (Wildman–Crippen LogP) is 15.1. The van der Waals surface area contributed by atoms with Gasteiger partial charge < -0.3 is 9.32 Å². The van der Waals surface area contributed by atoms with E-state index < -0.39 is 0 Å². The Bertz CT molecular complexity index is 3170. The fourth-order valence-electron chi connectivity index (χ4n) is 8.11. The number of nitrogens with zero attached hydrogens (tertiary/aromatic N) is 1. The quantitative estimate of drug-likeness (QED) is 0.167. The first kappa shape index (κ1) is 30.0. The van der Waals surface area contributed by atoms with Crippen molar-refractivity contribution in [2.24, 2.45) is 0 Å². The van der Waals surface area contributed by atoms with Crippen LogP contribution in [0, 0.1) is 0 Å². The molecular weight excluding hydrogens is 663 g/mol. The van der Waals surface area contributed by atoms with E-state index in [0.717, 1.165) is 50.1 Å². The first-order chi connectivity index (χ1) is 26.3. The Labute approximate surface area is 310 Å². The van der Waals surface area contributed by atoms with Crippen molar-refractivity contribution in [3.05, 3.63) is 188 Å². The van der Waals surface area contributed by atoms with Gasteiger partial charge in [0.05, 0.1) is 11.1 Å². The summed E-state index contributed by atoms with van der Waals surface area (Å²) in [5.74, 6) is 0. The molecule has 2 aromatic heterocycles. The van der Waals surface area contributed by atoms with E-state index in [4.69, 9.17) is 4.42 Å². The molecule has 0 radical (unpaired) electrons. The van der Waals surface area contributed by atoms with Crippen LogP contribution in [0.2, 0.25) is 0 Å². The van der Waals surface area contributed by atoms with E-state index in [1.54, 1.807) is 0 Å². The Morgan fingerprint density at radius 2 is 1.06 bits per heavy atom. The maximum absolute atomic E-state index is 6.74. The van der Waals surface area contributed by atoms with Crippen molar-refractivity contribution in [1.82, 2.24) is 0 Å². The highest BCUT2D eigenvalue weighted by Crippen LogP contribution is 2.47. The third-order valence-corrected chi connectivity index (χ3v) is 11.8. The van der Waals surface area contributed by atoms with Gasteiger partial charge in [-0.15, -0.1) is 11.3 Å². The monoisotopic (exact) mass is 693 g/mol. The lowest BCUT2D eigenvalue weighted by Crippen LogP contribution is -2.10. The standard InChI is InChI=1S/C50H31NOS/c1-2-10-33(11-3-1)40-27-28-45(49-42-15-6-8-16-46(42)52-50(40)49)51(38-26-22-35-19-18-34-12-4-5-13-39(34)43(35)31-38)37-24-20-32(21-25-37)36-23-29-48-44(30-36)41-14-7-9-17-47(41)53-48/h1-31H. The van der Waals surface area contributed by atoms with Crippen LogP contribution in [0.25, 0.3) is 85.9 Å². The molecule has 248 valence electrons. The van der Waals surface area contributed by atoms with Crippen LogP contribution in [0.15, 0.2) is 192 Å². The third-order valence-electron chi connectivity index (χ3n) is 10.7. The van der Waals surface area contributed by atoms with Crippen LogP contribution in [0.3, 0.4) is 0 Å². The maximum Gasteiger partial charge on any atom is 0.145 e. The van der Waals surface area contributed by atoms with E-state index in [9.17, 15) is 0 Å². The first-order valence-corrected chi connectivity index (χ1v) is 18.8. The zero-order valence-electron chi connectivity index (χ0n) is 28.7. The molecule has 0 saturated carbocycles. The van der Waals surface area contributed by atoms with E-state index in [2.05, 4.69) is 187 Å². The molecule has 0 amide bonds. The molecule has 3 heteroatoms. The Hall–Kier alpha value is -6.68. The highest BCUT2D eigenvalue weighted by Gasteiger charge is 2.22. The molecule has 11 aromatic rings. The summed E-state index contributed by atoms with van der Waals surface area (Å²) in [5.41, 5.74) is 9.62. The van der Waals surface area contributed by atoms with Crippen molar-refractivity contribution in [3.8, 4) is 22.3 Å². The number of hydrogen-bond donors (Lipinski definition) is 0. The Kier molecular flexibility index (Phi) is 6.76. The van der Waals surface area contributed by atoms with Gasteiger partial charge in [0.2, 0.25) is 0 Å². The topological polar surface area (TPSA) is 16.4 Å². The summed E-state index contributed by atoms with van der Waals surface area (Å²) in [5, 5.41) is 9.75. The predicted molar refractivity (Wildman–Crippen MR) is 227 cm³/mol. The van der Waals surface area contributed by atoms with E-state index in [0.29, 0.717) is 0 Å². The van der Waals surface area contributed by atoms with Crippen LogP contribution in [-0.2, 0) is 0 Å². The molecule has 0 aliphatic heterocycles. The minimum absolute atomic E-state index is 0.878. The summed E-state index contributed by atoms with van der Waals surface area (Å²) >= 11 is 1.86. The smallest absolute Gasteiger partial charge is 0.145 e. The van der Waals surface area contributed by atoms with Gasteiger partial charge in [0.25, 0.3) is 0 Å². The average molecular weight is 694 g/mol. The molecular formula is C50H31NOS. The van der Waals surface area contributed by atoms with Gasteiger partial charge in [0.15, 0.2) is 0 Å². The number of fused-ring (bicyclic) bond motifs is 9. The number of anilines is 3. The molecule has 0 unspecified atom stereocenters. The van der Waals surface area contributed by atoms with Gasteiger partial charge >= 0.3 is 0 Å². The van der Waals surface area contributed by atoms with E-state index >= 15 is 0 Å². The average Bonchev–Trinajstić information content (AvgIpc) is 3.80. The molecule has 0 aliphatic rings. The fraction of sp³-hybridized carbons (Fsp3) is 0. The summed E-state index contributed by atoms with van der Waals surface area (Å²) in [7, 11) is 0. The van der Waals surface area contributed by atoms with E-state index in [1.807, 2.05) is 17.4 Å². The highest BCUT2D eigenvalue weighted by atomic mass is 32.1. The first-order valence-electron chi connectivity index (χ1n) is 18.0. The second-order valence-corrected chi connectivity index (χ2v) is 14.8. The van der Waals surface area contributed by atoms with Crippen molar-refractivity contribution in [3.63, 3.8) is 0 Å². The number of thiophene rings is 1. The van der Waals surface area contributed by atoms with Crippen LogP contribution in [0.1, 0.15) is 0 Å². The normalized spacial score (nSPS) is 11.8. The minimum Gasteiger partial charge on any atom is -0.455 e. The molecule has 2 heterocycles. The lowest BCUT2D eigenvalue weighted by molar-refractivity contribution is 0.670. The lowest BCUT2D eigenvalue weighted by Gasteiger charge is -2.27. The SMILES string of the molecule is c1ccc(-c2ccc(N(c3ccc(-c4ccc5sc6ccccc6c5c4)cc3)c3ccc4ccc5ccccc5c4c3)c3c2oc2ccccc23)cc1. The molecule has 0 atom stereocenters. The summed E-state index contributed by atoms with van der Waals surface area (Å²) in [6.07, 6.45) is 0. The molecule has 0 saturated heterocycles. The van der Waals surface area contributed by atoms with Gasteiger partial charge in [-0.2, -0.15) is 0 Å². The summed E-state index contributed by atoms with van der Waals surface area (Å²) < 4.78 is 9.38. The van der Waals surface area contributed by atoms with Crippen LogP contribution in [0.4, 0.5) is 17.1 Å². The summed E-state index contributed by atoms with van der Waals surface area (Å²) in [4.78, 5) is 2.40. The van der Waals surface area contributed by atoms with Crippen molar-refractivity contribution in [2.75, 3.05) is 4.90 Å². The molecule has 53 heavy (non-hydrogen) atoms. The van der Waals surface area contributed by atoms with E-state index in [-0.39, 0.29) is 0 Å². The Morgan fingerprint density at radius 3 is 1.92 bits per heavy atom. The molecule has 0 fully saturated rings. The number of para-hydroxylation sites is 1. The van der Waals surface area contributed by atoms with Crippen LogP contribution in [0.5, 0.6) is 0 Å². The van der Waals surface area contributed by atoms with Crippen molar-refractivity contribution in [1.29, 1.82) is 0 Å². The number of benzene rings is 9. The number of rotatable bonds is 5. The number of furan rings is 1. The van der Waals surface area contributed by atoms with Crippen LogP contribution in [-0.4, -0.2) is 0 Å². The Morgan fingerprint density at radius 1 is 0.396 bits per heavy atom. The molecule has 0 aliphatic carbocycles. The largest absolute Gasteiger partial charge is 0.455 e. The van der Waals surface area contributed by atoms with Crippen LogP contribution < -0.4 is 4.90 Å². The van der Waals surface area contributed by atoms with Gasteiger partial charge in [0.1, 0.15) is 11.2 Å². The highest BCUT2D eigenvalue weighted by molar-refractivity contribution is 7.25. The molecule has 2 nitrogen and oxygen atoms in total. The van der Waals surface area contributed by atoms with Crippen molar-refractivity contribution in [2.45, 2.75) is 0 Å². The second kappa shape index (κ2) is 11.9. The number of hydrogen-bond acceptors (Lipinski definition) is 3. The Balaban J connectivity index is 1.14. The fourth-order valence-corrected chi connectivity index (χ4v) is 9.19. The summed E-state index contributed by atoms with van der Waals surface area (Å²) in [6.45, 7) is 0. The maximum atomic E-state index is 6.74. The van der Waals surface area contributed by atoms with Crippen molar-refractivity contribution >= 4 is 92.1 Å².